The van der Waals surface area contributed by atoms with Gasteiger partial charge < -0.3 is 9.84 Å². The topological polar surface area (TPSA) is 63.8 Å². The fourth-order valence-corrected chi connectivity index (χ4v) is 1.93. The minimum Gasteiger partial charge on any atom is -0.380 e. The van der Waals surface area contributed by atoms with Crippen LogP contribution in [-0.4, -0.2) is 15.1 Å². The summed E-state index contributed by atoms with van der Waals surface area (Å²) in [5.41, 5.74) is 2.97. The molecular weight excluding hydrogens is 252 g/mol. The number of para-hydroxylation sites is 1. The molecule has 3 aromatic rings. The third kappa shape index (κ3) is 2.66. The molecule has 2 heterocycles. The van der Waals surface area contributed by atoms with Crippen molar-refractivity contribution in [3.63, 3.8) is 0 Å². The van der Waals surface area contributed by atoms with E-state index in [0.29, 0.717) is 18.3 Å². The van der Waals surface area contributed by atoms with Gasteiger partial charge in [0.2, 0.25) is 0 Å². The van der Waals surface area contributed by atoms with Gasteiger partial charge in [-0.15, -0.1) is 0 Å². The van der Waals surface area contributed by atoms with Gasteiger partial charge in [0.1, 0.15) is 0 Å². The maximum absolute atomic E-state index is 5.23. The highest BCUT2D eigenvalue weighted by Gasteiger charge is 2.10. The van der Waals surface area contributed by atoms with Gasteiger partial charge in [0.15, 0.2) is 5.82 Å². The van der Waals surface area contributed by atoms with Gasteiger partial charge in [-0.2, -0.15) is 4.98 Å². The second kappa shape index (κ2) is 5.52. The van der Waals surface area contributed by atoms with Gasteiger partial charge >= 0.3 is 0 Å². The van der Waals surface area contributed by atoms with Gasteiger partial charge in [-0.1, -0.05) is 23.4 Å². The number of pyridine rings is 1. The van der Waals surface area contributed by atoms with Crippen LogP contribution in [0.15, 0.2) is 53.3 Å². The summed E-state index contributed by atoms with van der Waals surface area (Å²) in [6.07, 6.45) is 3.60. The summed E-state index contributed by atoms with van der Waals surface area (Å²) in [5.74, 6) is 1.15. The Morgan fingerprint density at radius 3 is 2.80 bits per heavy atom. The molecule has 0 saturated carbocycles. The van der Waals surface area contributed by atoms with E-state index in [2.05, 4.69) is 20.4 Å². The number of hydrogen-bond donors (Lipinski definition) is 1. The van der Waals surface area contributed by atoms with Gasteiger partial charge in [-0.25, -0.2) is 0 Å². The summed E-state index contributed by atoms with van der Waals surface area (Å²) in [6.45, 7) is 2.50. The first-order valence-electron chi connectivity index (χ1n) is 6.35. The lowest BCUT2D eigenvalue weighted by Crippen LogP contribution is -2.01. The summed E-state index contributed by atoms with van der Waals surface area (Å²) in [6, 6.07) is 11.8. The molecule has 20 heavy (non-hydrogen) atoms. The quantitative estimate of drug-likeness (QED) is 0.786. The molecule has 0 aliphatic heterocycles. The number of nitrogens with one attached hydrogen (secondary N) is 1. The molecule has 0 radical (unpaired) electrons. The molecule has 0 fully saturated rings. The Hall–Kier alpha value is -2.69. The Bertz CT molecular complexity index is 694. The van der Waals surface area contributed by atoms with Gasteiger partial charge in [-0.05, 0) is 30.7 Å². The number of anilines is 1. The number of benzene rings is 1. The van der Waals surface area contributed by atoms with Crippen LogP contribution in [0.1, 0.15) is 11.4 Å². The summed E-state index contributed by atoms with van der Waals surface area (Å²) in [5, 5.41) is 7.20. The zero-order chi connectivity index (χ0) is 13.8. The van der Waals surface area contributed by atoms with E-state index in [9.17, 15) is 0 Å². The summed E-state index contributed by atoms with van der Waals surface area (Å²) in [4.78, 5) is 8.37. The van der Waals surface area contributed by atoms with Gasteiger partial charge in [-0.3, -0.25) is 4.98 Å². The van der Waals surface area contributed by atoms with Crippen molar-refractivity contribution >= 4 is 5.69 Å². The largest absolute Gasteiger partial charge is 0.380 e. The van der Waals surface area contributed by atoms with Crippen LogP contribution in [0.5, 0.6) is 0 Å². The molecular formula is C15H14N4O. The molecule has 0 saturated heterocycles. The number of aromatic nitrogens is 3. The highest BCUT2D eigenvalue weighted by molar-refractivity contribution is 5.72. The van der Waals surface area contributed by atoms with E-state index in [0.717, 1.165) is 16.8 Å². The van der Waals surface area contributed by atoms with Crippen molar-refractivity contribution in [1.82, 2.24) is 15.1 Å². The van der Waals surface area contributed by atoms with Crippen LogP contribution in [0.4, 0.5) is 5.69 Å². The fourth-order valence-electron chi connectivity index (χ4n) is 1.93. The van der Waals surface area contributed by atoms with Crippen molar-refractivity contribution in [2.24, 2.45) is 0 Å². The Morgan fingerprint density at radius 2 is 2.05 bits per heavy atom. The minimum absolute atomic E-state index is 0.525. The Balaban J connectivity index is 1.83. The van der Waals surface area contributed by atoms with Crippen LogP contribution < -0.4 is 5.32 Å². The molecule has 5 nitrogen and oxygen atoms in total. The Morgan fingerprint density at radius 1 is 1.15 bits per heavy atom. The van der Waals surface area contributed by atoms with Crippen molar-refractivity contribution in [3.8, 4) is 11.5 Å². The zero-order valence-corrected chi connectivity index (χ0v) is 11.1. The zero-order valence-electron chi connectivity index (χ0n) is 11.1. The van der Waals surface area contributed by atoms with E-state index in [1.165, 1.54) is 0 Å². The molecule has 0 bridgehead atoms. The number of hydrogen-bond acceptors (Lipinski definition) is 5. The van der Waals surface area contributed by atoms with Crippen LogP contribution >= 0.6 is 0 Å². The molecule has 0 amide bonds. The maximum Gasteiger partial charge on any atom is 0.260 e. The molecule has 3 rings (SSSR count). The van der Waals surface area contributed by atoms with Gasteiger partial charge in [0, 0.05) is 24.6 Å². The molecule has 1 aromatic carbocycles. The highest BCUT2D eigenvalue weighted by atomic mass is 16.5. The van der Waals surface area contributed by atoms with Crippen molar-refractivity contribution < 1.29 is 4.52 Å². The van der Waals surface area contributed by atoms with E-state index < -0.39 is 0 Å². The molecule has 0 unspecified atom stereocenters. The predicted molar refractivity (Wildman–Crippen MR) is 76.0 cm³/mol. The average Bonchev–Trinajstić information content (AvgIpc) is 2.93. The Labute approximate surface area is 116 Å². The first kappa shape index (κ1) is 12.3. The van der Waals surface area contributed by atoms with E-state index in [1.807, 2.05) is 42.6 Å². The highest BCUT2D eigenvalue weighted by Crippen LogP contribution is 2.26. The lowest BCUT2D eigenvalue weighted by molar-refractivity contribution is 0.426. The molecule has 5 heteroatoms. The smallest absolute Gasteiger partial charge is 0.260 e. The first-order chi connectivity index (χ1) is 9.83. The second-order valence-corrected chi connectivity index (χ2v) is 4.41. The molecule has 0 aliphatic rings. The van der Waals surface area contributed by atoms with Crippen LogP contribution in [0.3, 0.4) is 0 Å². The molecule has 0 atom stereocenters. The molecule has 1 N–H and O–H groups in total. The fraction of sp³-hybridized carbons (Fsp3) is 0.133. The lowest BCUT2D eigenvalue weighted by atomic mass is 10.1. The SMILES string of the molecule is Cc1noc(-c2ccccc2NCc2cccnc2)n1. The normalized spacial score (nSPS) is 10.4. The van der Waals surface area contributed by atoms with E-state index in [1.54, 1.807) is 13.1 Å². The number of aryl methyl sites for hydroxylation is 1. The first-order valence-corrected chi connectivity index (χ1v) is 6.35. The number of rotatable bonds is 4. The van der Waals surface area contributed by atoms with E-state index in [-0.39, 0.29) is 0 Å². The van der Waals surface area contributed by atoms with Crippen LogP contribution in [-0.2, 0) is 6.54 Å². The maximum atomic E-state index is 5.23. The van der Waals surface area contributed by atoms with Crippen molar-refractivity contribution in [1.29, 1.82) is 0 Å². The molecule has 2 aromatic heterocycles. The predicted octanol–water partition coefficient (Wildman–Crippen LogP) is 3.05. The summed E-state index contributed by atoms with van der Waals surface area (Å²) in [7, 11) is 0. The molecule has 100 valence electrons. The second-order valence-electron chi connectivity index (χ2n) is 4.41. The van der Waals surface area contributed by atoms with Crippen LogP contribution in [0, 0.1) is 6.92 Å². The summed E-state index contributed by atoms with van der Waals surface area (Å²) >= 11 is 0. The van der Waals surface area contributed by atoms with Crippen LogP contribution in [0.2, 0.25) is 0 Å². The summed E-state index contributed by atoms with van der Waals surface area (Å²) < 4.78 is 5.23. The Kier molecular flexibility index (Phi) is 3.41. The van der Waals surface area contributed by atoms with Crippen LogP contribution in [0.25, 0.3) is 11.5 Å². The third-order valence-electron chi connectivity index (χ3n) is 2.89. The lowest BCUT2D eigenvalue weighted by Gasteiger charge is -2.09. The van der Waals surface area contributed by atoms with Crippen molar-refractivity contribution in [2.45, 2.75) is 13.5 Å². The van der Waals surface area contributed by atoms with Gasteiger partial charge in [0.25, 0.3) is 5.89 Å². The monoisotopic (exact) mass is 266 g/mol. The van der Waals surface area contributed by atoms with E-state index in [4.69, 9.17) is 4.52 Å². The van der Waals surface area contributed by atoms with Crippen molar-refractivity contribution in [2.75, 3.05) is 5.32 Å². The average molecular weight is 266 g/mol. The van der Waals surface area contributed by atoms with Crippen molar-refractivity contribution in [3.05, 3.63) is 60.2 Å². The molecule has 0 spiro atoms. The molecule has 0 aliphatic carbocycles. The third-order valence-corrected chi connectivity index (χ3v) is 2.89. The number of nitrogens with zero attached hydrogens (tertiary/aromatic N) is 3. The minimum atomic E-state index is 0.525. The van der Waals surface area contributed by atoms with Gasteiger partial charge in [0.05, 0.1) is 5.56 Å². The van der Waals surface area contributed by atoms with E-state index >= 15 is 0 Å². The standard InChI is InChI=1S/C15H14N4O/c1-11-18-15(20-19-11)13-6-2-3-7-14(13)17-10-12-5-4-8-16-9-12/h2-9,17H,10H2,1H3.